The fourth-order valence-electron chi connectivity index (χ4n) is 1.06. The lowest BCUT2D eigenvalue weighted by molar-refractivity contribution is 0.0952. The highest BCUT2D eigenvalue weighted by atomic mass is 16.5. The molecule has 1 aromatic rings. The fraction of sp³-hybridized carbons (Fsp3) is 0.400. The lowest BCUT2D eigenvalue weighted by atomic mass is 10.4. The van der Waals surface area contributed by atoms with Gasteiger partial charge in [-0.15, -0.1) is 0 Å². The molecule has 1 unspecified atom stereocenters. The molecule has 0 saturated carbocycles. The number of nitrogens with two attached hydrogens (primary N) is 1. The molecule has 0 bridgehead atoms. The molecule has 0 radical (unpaired) electrons. The maximum absolute atomic E-state index is 11.0. The largest absolute Gasteiger partial charge is 0.394 e. The van der Waals surface area contributed by atoms with Crippen molar-refractivity contribution in [1.29, 1.82) is 5.26 Å². The highest BCUT2D eigenvalue weighted by Crippen LogP contribution is 1.95. The molecule has 1 rings (SSSR count). The summed E-state index contributed by atoms with van der Waals surface area (Å²) in [5, 5.41) is 8.47. The first-order valence-electron chi connectivity index (χ1n) is 4.60. The van der Waals surface area contributed by atoms with Crippen LogP contribution in [0.4, 0.5) is 5.69 Å². The van der Waals surface area contributed by atoms with Gasteiger partial charge >= 0.3 is 0 Å². The Morgan fingerprint density at radius 3 is 3.07 bits per heavy atom. The van der Waals surface area contributed by atoms with E-state index in [9.17, 15) is 4.79 Å². The van der Waals surface area contributed by atoms with E-state index in [1.54, 1.807) is 23.9 Å². The van der Waals surface area contributed by atoms with Crippen molar-refractivity contribution < 1.29 is 4.74 Å². The van der Waals surface area contributed by atoms with E-state index >= 15 is 0 Å². The van der Waals surface area contributed by atoms with Gasteiger partial charge in [0.1, 0.15) is 6.10 Å². The van der Waals surface area contributed by atoms with E-state index in [0.29, 0.717) is 13.2 Å². The summed E-state index contributed by atoms with van der Waals surface area (Å²) in [6.07, 6.45) is 2.78. The molecular weight excluding hydrogens is 194 g/mol. The molecule has 5 nitrogen and oxygen atoms in total. The van der Waals surface area contributed by atoms with Crippen LogP contribution in [0.1, 0.15) is 6.92 Å². The number of hydrogen-bond acceptors (Lipinski definition) is 4. The Hall–Kier alpha value is -1.80. The number of pyridine rings is 1. The zero-order valence-corrected chi connectivity index (χ0v) is 8.51. The van der Waals surface area contributed by atoms with Crippen LogP contribution in [0.25, 0.3) is 0 Å². The van der Waals surface area contributed by atoms with Crippen LogP contribution in [0.2, 0.25) is 0 Å². The number of hydrogen-bond donors (Lipinski definition) is 1. The van der Waals surface area contributed by atoms with Gasteiger partial charge in [0.25, 0.3) is 0 Å². The number of aromatic nitrogens is 1. The lowest BCUT2D eigenvalue weighted by Gasteiger charge is -2.08. The van der Waals surface area contributed by atoms with Crippen LogP contribution < -0.4 is 11.2 Å². The first kappa shape index (κ1) is 11.3. The average Bonchev–Trinajstić information content (AvgIpc) is 2.23. The average molecular weight is 207 g/mol. The van der Waals surface area contributed by atoms with E-state index < -0.39 is 6.10 Å². The third kappa shape index (κ3) is 3.44. The molecule has 0 aromatic carbocycles. The molecule has 0 saturated heterocycles. The number of ether oxygens (including phenoxy) is 1. The quantitative estimate of drug-likeness (QED) is 0.772. The summed E-state index contributed by atoms with van der Waals surface area (Å²) in [4.78, 5) is 11.0. The van der Waals surface area contributed by atoms with Crippen LogP contribution >= 0.6 is 0 Å². The summed E-state index contributed by atoms with van der Waals surface area (Å²) in [5.74, 6) is 0. The van der Waals surface area contributed by atoms with Gasteiger partial charge in [0.05, 0.1) is 18.4 Å². The van der Waals surface area contributed by atoms with Crippen LogP contribution in [0, 0.1) is 11.3 Å². The number of nitriles is 1. The van der Waals surface area contributed by atoms with Crippen molar-refractivity contribution in [2.24, 2.45) is 0 Å². The van der Waals surface area contributed by atoms with Crippen LogP contribution in [0.3, 0.4) is 0 Å². The molecule has 1 atom stereocenters. The number of nitrogen functional groups attached to an aromatic ring is 1. The Morgan fingerprint density at radius 2 is 2.47 bits per heavy atom. The predicted molar refractivity (Wildman–Crippen MR) is 56.1 cm³/mol. The van der Waals surface area contributed by atoms with Gasteiger partial charge < -0.3 is 15.0 Å². The monoisotopic (exact) mass is 207 g/mol. The van der Waals surface area contributed by atoms with Crippen LogP contribution in [-0.4, -0.2) is 17.3 Å². The molecule has 1 aromatic heterocycles. The molecule has 0 fully saturated rings. The van der Waals surface area contributed by atoms with E-state index in [0.717, 1.165) is 0 Å². The topological polar surface area (TPSA) is 81.0 Å². The minimum Gasteiger partial charge on any atom is -0.394 e. The third-order valence-corrected chi connectivity index (χ3v) is 1.91. The summed E-state index contributed by atoms with van der Waals surface area (Å²) >= 11 is 0. The van der Waals surface area contributed by atoms with E-state index in [1.165, 1.54) is 6.07 Å². The summed E-state index contributed by atoms with van der Waals surface area (Å²) in [6.45, 7) is 2.66. The highest BCUT2D eigenvalue weighted by Gasteiger charge is 1.99. The Bertz CT molecular complexity index is 419. The molecule has 5 heteroatoms. The summed E-state index contributed by atoms with van der Waals surface area (Å²) in [5.41, 5.74) is 5.48. The van der Waals surface area contributed by atoms with Gasteiger partial charge in [0.2, 0.25) is 5.43 Å². The van der Waals surface area contributed by atoms with Gasteiger partial charge in [-0.2, -0.15) is 5.26 Å². The molecule has 0 aliphatic heterocycles. The molecule has 0 aliphatic carbocycles. The van der Waals surface area contributed by atoms with E-state index in [2.05, 4.69) is 0 Å². The maximum atomic E-state index is 11.0. The second-order valence-corrected chi connectivity index (χ2v) is 3.14. The van der Waals surface area contributed by atoms with Crippen LogP contribution in [-0.2, 0) is 11.3 Å². The SMILES string of the molecule is CC(C#N)OCCn1ccc(=O)c(N)c1. The third-order valence-electron chi connectivity index (χ3n) is 1.91. The minimum atomic E-state index is -0.415. The molecule has 80 valence electrons. The zero-order chi connectivity index (χ0) is 11.3. The molecule has 0 amide bonds. The number of rotatable bonds is 4. The second-order valence-electron chi connectivity index (χ2n) is 3.14. The molecule has 0 spiro atoms. The van der Waals surface area contributed by atoms with E-state index in [1.807, 2.05) is 6.07 Å². The first-order chi connectivity index (χ1) is 7.13. The Kier molecular flexibility index (Phi) is 3.89. The van der Waals surface area contributed by atoms with Crippen molar-refractivity contribution in [1.82, 2.24) is 4.57 Å². The van der Waals surface area contributed by atoms with Crippen LogP contribution in [0.5, 0.6) is 0 Å². The minimum absolute atomic E-state index is 0.183. The first-order valence-corrected chi connectivity index (χ1v) is 4.60. The van der Waals surface area contributed by atoms with E-state index in [-0.39, 0.29) is 11.1 Å². The normalized spacial score (nSPS) is 12.0. The molecule has 1 heterocycles. The molecule has 2 N–H and O–H groups in total. The standard InChI is InChI=1S/C10H13N3O2/c1-8(6-11)15-5-4-13-3-2-10(14)9(12)7-13/h2-3,7-8H,4-5,12H2,1H3. The van der Waals surface area contributed by atoms with Gasteiger partial charge in [-0.25, -0.2) is 0 Å². The maximum Gasteiger partial charge on any atom is 0.204 e. The smallest absolute Gasteiger partial charge is 0.204 e. The zero-order valence-electron chi connectivity index (χ0n) is 8.51. The van der Waals surface area contributed by atoms with Crippen molar-refractivity contribution >= 4 is 5.69 Å². The molecule has 15 heavy (non-hydrogen) atoms. The van der Waals surface area contributed by atoms with Crippen molar-refractivity contribution in [3.63, 3.8) is 0 Å². The van der Waals surface area contributed by atoms with Gasteiger partial charge in [0, 0.05) is 25.0 Å². The van der Waals surface area contributed by atoms with Gasteiger partial charge in [0.15, 0.2) is 0 Å². The van der Waals surface area contributed by atoms with Crippen molar-refractivity contribution in [3.8, 4) is 6.07 Å². The molecular formula is C10H13N3O2. The lowest BCUT2D eigenvalue weighted by Crippen LogP contribution is -2.15. The van der Waals surface area contributed by atoms with Crippen LogP contribution in [0.15, 0.2) is 23.3 Å². The van der Waals surface area contributed by atoms with Gasteiger partial charge in [-0.3, -0.25) is 4.79 Å². The van der Waals surface area contributed by atoms with E-state index in [4.69, 9.17) is 15.7 Å². The van der Waals surface area contributed by atoms with Crippen molar-refractivity contribution in [3.05, 3.63) is 28.7 Å². The summed E-state index contributed by atoms with van der Waals surface area (Å²) in [7, 11) is 0. The number of anilines is 1. The molecule has 0 aliphatic rings. The number of nitrogens with zero attached hydrogens (tertiary/aromatic N) is 2. The van der Waals surface area contributed by atoms with Gasteiger partial charge in [-0.1, -0.05) is 0 Å². The van der Waals surface area contributed by atoms with Gasteiger partial charge in [-0.05, 0) is 6.92 Å². The second kappa shape index (κ2) is 5.17. The van der Waals surface area contributed by atoms with Crippen molar-refractivity contribution in [2.45, 2.75) is 19.6 Å². The summed E-state index contributed by atoms with van der Waals surface area (Å²) in [6, 6.07) is 3.37. The fourth-order valence-corrected chi connectivity index (χ4v) is 1.06. The summed E-state index contributed by atoms with van der Waals surface area (Å²) < 4.78 is 6.92. The predicted octanol–water partition coefficient (Wildman–Crippen LogP) is 0.359. The van der Waals surface area contributed by atoms with Crippen molar-refractivity contribution in [2.75, 3.05) is 12.3 Å². The Labute approximate surface area is 87.7 Å². The Balaban J connectivity index is 2.49. The highest BCUT2D eigenvalue weighted by molar-refractivity contribution is 5.33. The Morgan fingerprint density at radius 1 is 1.73 bits per heavy atom.